The van der Waals surface area contributed by atoms with Crippen molar-refractivity contribution in [2.45, 2.75) is 30.9 Å². The Hall–Kier alpha value is -3.19. The Kier molecular flexibility index (Phi) is 7.41. The first kappa shape index (κ1) is 22.5. The number of amides is 1. The third-order valence-corrected chi connectivity index (χ3v) is 5.74. The van der Waals surface area contributed by atoms with Crippen molar-refractivity contribution >= 4 is 17.8 Å². The first-order valence-corrected chi connectivity index (χ1v) is 10.1. The van der Waals surface area contributed by atoms with Gasteiger partial charge in [-0.25, -0.2) is 4.79 Å². The van der Waals surface area contributed by atoms with Gasteiger partial charge < -0.3 is 19.5 Å². The lowest BCUT2D eigenvalue weighted by Gasteiger charge is -2.50. The Morgan fingerprint density at radius 2 is 1.58 bits per heavy atom. The standard InChI is InChI=1S/C24H27NO6/c1-29-22(27)18-13-24(14-18,19-11-7-4-8-12-19)21(23(28)30-2)25-20(26)16-31-15-17-9-5-3-6-10-17/h3-12,18,21H,13-16H2,1-2H3,(H,25,26)/t18-,21?,24-. The number of methoxy groups -OCH3 is 2. The molecule has 0 radical (unpaired) electrons. The van der Waals surface area contributed by atoms with Crippen LogP contribution in [-0.2, 0) is 40.6 Å². The van der Waals surface area contributed by atoms with Crippen LogP contribution in [0, 0.1) is 5.92 Å². The van der Waals surface area contributed by atoms with E-state index in [1.54, 1.807) is 0 Å². The molecule has 3 rings (SSSR count). The van der Waals surface area contributed by atoms with Crippen molar-refractivity contribution in [2.75, 3.05) is 20.8 Å². The van der Waals surface area contributed by atoms with Crippen LogP contribution in [0.3, 0.4) is 0 Å². The maximum atomic E-state index is 12.7. The molecule has 0 saturated heterocycles. The summed E-state index contributed by atoms with van der Waals surface area (Å²) in [4.78, 5) is 37.4. The molecule has 1 amide bonds. The molecular formula is C24H27NO6. The molecule has 2 aromatic rings. The predicted molar refractivity (Wildman–Crippen MR) is 113 cm³/mol. The molecule has 1 fully saturated rings. The highest BCUT2D eigenvalue weighted by molar-refractivity contribution is 5.87. The van der Waals surface area contributed by atoms with E-state index < -0.39 is 23.3 Å². The number of hydrogen-bond acceptors (Lipinski definition) is 6. The second-order valence-electron chi connectivity index (χ2n) is 7.65. The third kappa shape index (κ3) is 5.11. The molecule has 0 heterocycles. The highest BCUT2D eigenvalue weighted by atomic mass is 16.5. The largest absolute Gasteiger partial charge is 0.469 e. The number of nitrogens with one attached hydrogen (secondary N) is 1. The predicted octanol–water partition coefficient (Wildman–Crippen LogP) is 2.38. The summed E-state index contributed by atoms with van der Waals surface area (Å²) in [6, 6.07) is 17.9. The zero-order chi connectivity index (χ0) is 22.3. The minimum absolute atomic E-state index is 0.201. The maximum Gasteiger partial charge on any atom is 0.329 e. The van der Waals surface area contributed by atoms with Crippen LogP contribution in [0.5, 0.6) is 0 Å². The lowest BCUT2D eigenvalue weighted by atomic mass is 9.55. The molecule has 1 aliphatic carbocycles. The Balaban J connectivity index is 1.74. The maximum absolute atomic E-state index is 12.7. The van der Waals surface area contributed by atoms with Gasteiger partial charge in [-0.05, 0) is 24.0 Å². The molecule has 1 N–H and O–H groups in total. The summed E-state index contributed by atoms with van der Waals surface area (Å²) in [7, 11) is 2.62. The van der Waals surface area contributed by atoms with E-state index in [-0.39, 0.29) is 25.1 Å². The van der Waals surface area contributed by atoms with E-state index in [9.17, 15) is 14.4 Å². The number of rotatable bonds is 9. The highest BCUT2D eigenvalue weighted by Gasteiger charge is 2.56. The van der Waals surface area contributed by atoms with E-state index in [1.165, 1.54) is 14.2 Å². The first-order valence-electron chi connectivity index (χ1n) is 10.1. The van der Waals surface area contributed by atoms with E-state index >= 15 is 0 Å². The summed E-state index contributed by atoms with van der Waals surface area (Å²) in [5.41, 5.74) is 1.04. The monoisotopic (exact) mass is 425 g/mol. The van der Waals surface area contributed by atoms with Crippen molar-refractivity contribution in [2.24, 2.45) is 5.92 Å². The molecule has 7 nitrogen and oxygen atoms in total. The quantitative estimate of drug-likeness (QED) is 0.621. The van der Waals surface area contributed by atoms with E-state index in [0.29, 0.717) is 12.8 Å². The molecule has 7 heteroatoms. The summed E-state index contributed by atoms with van der Waals surface area (Å²) in [6.07, 6.45) is 0.739. The molecule has 0 aromatic heterocycles. The molecule has 0 bridgehead atoms. The Bertz CT molecular complexity index is 893. The van der Waals surface area contributed by atoms with Crippen molar-refractivity contribution in [3.8, 4) is 0 Å². The van der Waals surface area contributed by atoms with E-state index in [1.807, 2.05) is 60.7 Å². The van der Waals surface area contributed by atoms with Crippen LogP contribution in [0.2, 0.25) is 0 Å². The molecule has 1 unspecified atom stereocenters. The normalized spacial score (nSPS) is 20.8. The Morgan fingerprint density at radius 1 is 0.968 bits per heavy atom. The number of carbonyl (C=O) groups excluding carboxylic acids is 3. The second kappa shape index (κ2) is 10.2. The Morgan fingerprint density at radius 3 is 2.16 bits per heavy atom. The average molecular weight is 425 g/mol. The van der Waals surface area contributed by atoms with Gasteiger partial charge in [0.15, 0.2) is 0 Å². The van der Waals surface area contributed by atoms with E-state index in [4.69, 9.17) is 14.2 Å². The molecule has 1 aliphatic rings. The fourth-order valence-corrected chi connectivity index (χ4v) is 4.14. The first-order chi connectivity index (χ1) is 15.0. The van der Waals surface area contributed by atoms with Crippen molar-refractivity contribution in [3.63, 3.8) is 0 Å². The number of esters is 2. The van der Waals surface area contributed by atoms with Crippen LogP contribution < -0.4 is 5.32 Å². The van der Waals surface area contributed by atoms with Gasteiger partial charge >= 0.3 is 11.9 Å². The number of benzene rings is 2. The van der Waals surface area contributed by atoms with Gasteiger partial charge in [-0.15, -0.1) is 0 Å². The average Bonchev–Trinajstić information content (AvgIpc) is 2.78. The van der Waals surface area contributed by atoms with Crippen molar-refractivity contribution in [1.82, 2.24) is 5.32 Å². The van der Waals surface area contributed by atoms with Gasteiger partial charge in [-0.3, -0.25) is 9.59 Å². The minimum Gasteiger partial charge on any atom is -0.469 e. The van der Waals surface area contributed by atoms with E-state index in [0.717, 1.165) is 11.1 Å². The molecule has 0 aliphatic heterocycles. The minimum atomic E-state index is -0.950. The topological polar surface area (TPSA) is 90.9 Å². The summed E-state index contributed by atoms with van der Waals surface area (Å²) in [5, 5.41) is 2.78. The van der Waals surface area contributed by atoms with Gasteiger partial charge in [0.2, 0.25) is 5.91 Å². The number of hydrogen-bond donors (Lipinski definition) is 1. The SMILES string of the molecule is COC(=O)C(NC(=O)COCc1ccccc1)[C@]1(c2ccccc2)C[C@@H](C(=O)OC)C1. The van der Waals surface area contributed by atoms with Crippen molar-refractivity contribution in [1.29, 1.82) is 0 Å². The van der Waals surface area contributed by atoms with Crippen LogP contribution in [-0.4, -0.2) is 44.7 Å². The van der Waals surface area contributed by atoms with E-state index in [2.05, 4.69) is 5.32 Å². The molecule has 164 valence electrons. The van der Waals surface area contributed by atoms with Crippen LogP contribution in [0.4, 0.5) is 0 Å². The third-order valence-electron chi connectivity index (χ3n) is 5.74. The zero-order valence-electron chi connectivity index (χ0n) is 17.7. The molecular weight excluding hydrogens is 398 g/mol. The van der Waals surface area contributed by atoms with Crippen LogP contribution in [0.25, 0.3) is 0 Å². The van der Waals surface area contributed by atoms with Crippen LogP contribution >= 0.6 is 0 Å². The summed E-state index contributed by atoms with van der Waals surface area (Å²) < 4.78 is 15.4. The zero-order valence-corrected chi connectivity index (χ0v) is 17.7. The van der Waals surface area contributed by atoms with Gasteiger partial charge in [0.05, 0.1) is 26.7 Å². The molecule has 1 atom stereocenters. The van der Waals surface area contributed by atoms with Crippen LogP contribution in [0.15, 0.2) is 60.7 Å². The van der Waals surface area contributed by atoms with Crippen LogP contribution in [0.1, 0.15) is 24.0 Å². The lowest BCUT2D eigenvalue weighted by molar-refractivity contribution is -0.158. The number of ether oxygens (including phenoxy) is 3. The number of carbonyl (C=O) groups is 3. The second-order valence-corrected chi connectivity index (χ2v) is 7.65. The summed E-state index contributed by atoms with van der Waals surface area (Å²) >= 11 is 0. The van der Waals surface area contributed by atoms with Gasteiger partial charge in [0, 0.05) is 5.41 Å². The van der Waals surface area contributed by atoms with Gasteiger partial charge in [0.25, 0.3) is 0 Å². The molecule has 31 heavy (non-hydrogen) atoms. The molecule has 0 spiro atoms. The van der Waals surface area contributed by atoms with Crippen molar-refractivity contribution < 1.29 is 28.6 Å². The van der Waals surface area contributed by atoms with Crippen molar-refractivity contribution in [3.05, 3.63) is 71.8 Å². The fourth-order valence-electron chi connectivity index (χ4n) is 4.14. The Labute approximate surface area is 181 Å². The van der Waals surface area contributed by atoms with Gasteiger partial charge in [-0.2, -0.15) is 0 Å². The molecule has 2 aromatic carbocycles. The lowest BCUT2D eigenvalue weighted by Crippen LogP contribution is -2.62. The summed E-state index contributed by atoms with van der Waals surface area (Å²) in [5.74, 6) is -1.66. The highest BCUT2D eigenvalue weighted by Crippen LogP contribution is 2.51. The van der Waals surface area contributed by atoms with Gasteiger partial charge in [-0.1, -0.05) is 60.7 Å². The summed E-state index contributed by atoms with van der Waals surface area (Å²) in [6.45, 7) is 0.0824. The fraction of sp³-hybridized carbons (Fsp3) is 0.375. The molecule has 1 saturated carbocycles. The van der Waals surface area contributed by atoms with Gasteiger partial charge in [0.1, 0.15) is 12.6 Å². The smallest absolute Gasteiger partial charge is 0.329 e.